The summed E-state index contributed by atoms with van der Waals surface area (Å²) in [5, 5.41) is 26.8. The molecule has 0 aliphatic heterocycles. The quantitative estimate of drug-likeness (QED) is 0.271. The van der Waals surface area contributed by atoms with Crippen molar-refractivity contribution in [1.29, 1.82) is 0 Å². The zero-order valence-electron chi connectivity index (χ0n) is 19.6. The summed E-state index contributed by atoms with van der Waals surface area (Å²) in [6.07, 6.45) is -0.152. The first-order valence-corrected chi connectivity index (χ1v) is 12.7. The Morgan fingerprint density at radius 2 is 1.71 bits per heavy atom. The maximum Gasteiger partial charge on any atom is 0.249 e. The smallest absolute Gasteiger partial charge is 0.249 e. The number of carbonyl (C=O) groups excluding carboxylic acids is 1. The molecule has 5 N–H and O–H groups in total. The molecule has 0 radical (unpaired) electrons. The van der Waals surface area contributed by atoms with E-state index in [0.29, 0.717) is 22.6 Å². The number of para-hydroxylation sites is 1. The molecule has 0 bridgehead atoms. The number of sulfonamides is 1. The lowest BCUT2D eigenvalue weighted by Crippen LogP contribution is -2.50. The van der Waals surface area contributed by atoms with Crippen molar-refractivity contribution >= 4 is 27.3 Å². The lowest BCUT2D eigenvalue weighted by molar-refractivity contribution is -0.122. The summed E-state index contributed by atoms with van der Waals surface area (Å²) in [6.45, 7) is 1.65. The molecular formula is C25H29N3O6S. The standard InChI is InChI=1S/C25H29N3O6S/c1-25(18-10-12-20(34-2)13-11-18,24(31)27-19-7-5-4-6-8-19)26-16-23(30)17-9-14-22(29)21(15-17)28-35(3,32)33/h4-15,23,26,28-30H,16H2,1-3H3,(H,27,31)/t23-,25?/m1/s1. The third-order valence-corrected chi connectivity index (χ3v) is 6.09. The van der Waals surface area contributed by atoms with E-state index in [-0.39, 0.29) is 23.9 Å². The van der Waals surface area contributed by atoms with E-state index in [2.05, 4.69) is 15.4 Å². The van der Waals surface area contributed by atoms with Crippen molar-refractivity contribution < 1.29 is 28.2 Å². The van der Waals surface area contributed by atoms with Crippen LogP contribution in [0.2, 0.25) is 0 Å². The van der Waals surface area contributed by atoms with Crippen molar-refractivity contribution in [1.82, 2.24) is 5.32 Å². The largest absolute Gasteiger partial charge is 0.506 e. The van der Waals surface area contributed by atoms with Crippen LogP contribution >= 0.6 is 0 Å². The number of nitrogens with one attached hydrogen (secondary N) is 3. The van der Waals surface area contributed by atoms with Crippen molar-refractivity contribution in [2.75, 3.05) is 29.9 Å². The molecular weight excluding hydrogens is 470 g/mol. The van der Waals surface area contributed by atoms with E-state index in [0.717, 1.165) is 6.26 Å². The number of anilines is 2. The predicted molar refractivity (Wildman–Crippen MR) is 135 cm³/mol. The van der Waals surface area contributed by atoms with Crippen LogP contribution in [-0.4, -0.2) is 44.4 Å². The molecule has 9 nitrogen and oxygen atoms in total. The predicted octanol–water partition coefficient (Wildman–Crippen LogP) is 2.95. The molecule has 0 aromatic heterocycles. The van der Waals surface area contributed by atoms with E-state index >= 15 is 0 Å². The van der Waals surface area contributed by atoms with Gasteiger partial charge in [-0.05, 0) is 54.4 Å². The first kappa shape index (κ1) is 26.0. The molecule has 1 unspecified atom stereocenters. The van der Waals surface area contributed by atoms with E-state index in [1.165, 1.54) is 18.2 Å². The fraction of sp³-hybridized carbons (Fsp3) is 0.240. The van der Waals surface area contributed by atoms with Crippen LogP contribution in [0.1, 0.15) is 24.2 Å². The molecule has 0 fully saturated rings. The van der Waals surface area contributed by atoms with Crippen LogP contribution in [0, 0.1) is 0 Å². The van der Waals surface area contributed by atoms with Gasteiger partial charge in [0.2, 0.25) is 15.9 Å². The molecule has 3 rings (SSSR count). The summed E-state index contributed by atoms with van der Waals surface area (Å²) in [7, 11) is -2.08. The van der Waals surface area contributed by atoms with Gasteiger partial charge in [-0.25, -0.2) is 8.42 Å². The number of benzene rings is 3. The minimum Gasteiger partial charge on any atom is -0.506 e. The minimum atomic E-state index is -3.63. The molecule has 3 aromatic carbocycles. The van der Waals surface area contributed by atoms with Gasteiger partial charge in [0.15, 0.2) is 0 Å². The molecule has 35 heavy (non-hydrogen) atoms. The van der Waals surface area contributed by atoms with Gasteiger partial charge in [0, 0.05) is 12.2 Å². The van der Waals surface area contributed by atoms with Crippen LogP contribution in [0.3, 0.4) is 0 Å². The number of rotatable bonds is 10. The highest BCUT2D eigenvalue weighted by Crippen LogP contribution is 2.29. The topological polar surface area (TPSA) is 137 Å². The fourth-order valence-electron chi connectivity index (χ4n) is 3.48. The molecule has 0 heterocycles. The Morgan fingerprint density at radius 3 is 2.31 bits per heavy atom. The maximum atomic E-state index is 13.4. The number of aromatic hydroxyl groups is 1. The zero-order valence-corrected chi connectivity index (χ0v) is 20.5. The van der Waals surface area contributed by atoms with Crippen molar-refractivity contribution in [3.8, 4) is 11.5 Å². The zero-order chi connectivity index (χ0) is 25.6. The number of ether oxygens (including phenoxy) is 1. The van der Waals surface area contributed by atoms with E-state index in [9.17, 15) is 23.4 Å². The fourth-order valence-corrected chi connectivity index (χ4v) is 4.04. The first-order chi connectivity index (χ1) is 16.5. The number of aliphatic hydroxyl groups excluding tert-OH is 1. The number of phenolic OH excluding ortho intramolecular Hbond substituents is 1. The molecule has 3 aromatic rings. The monoisotopic (exact) mass is 499 g/mol. The number of amides is 1. The van der Waals surface area contributed by atoms with Gasteiger partial charge in [0.1, 0.15) is 17.0 Å². The third kappa shape index (κ3) is 6.72. The van der Waals surface area contributed by atoms with Gasteiger partial charge >= 0.3 is 0 Å². The van der Waals surface area contributed by atoms with Gasteiger partial charge in [-0.2, -0.15) is 0 Å². The highest BCUT2D eigenvalue weighted by Gasteiger charge is 2.35. The summed E-state index contributed by atoms with van der Waals surface area (Å²) in [5.41, 5.74) is 0.317. The third-order valence-electron chi connectivity index (χ3n) is 5.50. The van der Waals surface area contributed by atoms with Gasteiger partial charge < -0.3 is 20.3 Å². The van der Waals surface area contributed by atoms with E-state index < -0.39 is 21.7 Å². The summed E-state index contributed by atoms with van der Waals surface area (Å²) >= 11 is 0. The van der Waals surface area contributed by atoms with Gasteiger partial charge in [0.05, 0.1) is 25.2 Å². The van der Waals surface area contributed by atoms with Gasteiger partial charge in [-0.3, -0.25) is 14.8 Å². The lowest BCUT2D eigenvalue weighted by atomic mass is 9.90. The SMILES string of the molecule is COc1ccc(C(C)(NC[C@@H](O)c2ccc(O)c(NS(C)(=O)=O)c2)C(=O)Nc2ccccc2)cc1. The van der Waals surface area contributed by atoms with Crippen molar-refractivity contribution in [2.24, 2.45) is 0 Å². The van der Waals surface area contributed by atoms with Crippen molar-refractivity contribution in [3.05, 3.63) is 83.9 Å². The van der Waals surface area contributed by atoms with Crippen LogP contribution < -0.4 is 20.1 Å². The molecule has 10 heteroatoms. The molecule has 0 saturated heterocycles. The van der Waals surface area contributed by atoms with Gasteiger partial charge in [-0.1, -0.05) is 36.4 Å². The number of hydrogen-bond acceptors (Lipinski definition) is 7. The summed E-state index contributed by atoms with van der Waals surface area (Å²) < 4.78 is 30.6. The van der Waals surface area contributed by atoms with E-state index in [1.54, 1.807) is 50.4 Å². The average Bonchev–Trinajstić information content (AvgIpc) is 2.83. The average molecular weight is 500 g/mol. The Balaban J connectivity index is 1.86. The van der Waals surface area contributed by atoms with Crippen LogP contribution in [0.15, 0.2) is 72.8 Å². The normalized spacial score (nSPS) is 13.9. The van der Waals surface area contributed by atoms with Crippen LogP contribution in [-0.2, 0) is 20.4 Å². The van der Waals surface area contributed by atoms with E-state index in [1.807, 2.05) is 18.2 Å². The number of phenols is 1. The Morgan fingerprint density at radius 1 is 1.06 bits per heavy atom. The molecule has 0 spiro atoms. The Bertz CT molecular complexity index is 1270. The van der Waals surface area contributed by atoms with Crippen LogP contribution in [0.25, 0.3) is 0 Å². The number of aliphatic hydroxyl groups is 1. The second-order valence-electron chi connectivity index (χ2n) is 8.22. The van der Waals surface area contributed by atoms with Gasteiger partial charge in [0.25, 0.3) is 0 Å². The molecule has 1 amide bonds. The second kappa shape index (κ2) is 10.8. The first-order valence-electron chi connectivity index (χ1n) is 10.8. The Kier molecular flexibility index (Phi) is 8.00. The number of methoxy groups -OCH3 is 1. The van der Waals surface area contributed by atoms with Crippen molar-refractivity contribution in [3.63, 3.8) is 0 Å². The van der Waals surface area contributed by atoms with Crippen LogP contribution in [0.4, 0.5) is 11.4 Å². The molecule has 0 aliphatic carbocycles. The highest BCUT2D eigenvalue weighted by molar-refractivity contribution is 7.92. The molecule has 0 aliphatic rings. The highest BCUT2D eigenvalue weighted by atomic mass is 32.2. The maximum absolute atomic E-state index is 13.4. The van der Waals surface area contributed by atoms with Crippen molar-refractivity contribution in [2.45, 2.75) is 18.6 Å². The number of carbonyl (C=O) groups is 1. The molecule has 186 valence electrons. The van der Waals surface area contributed by atoms with Crippen LogP contribution in [0.5, 0.6) is 11.5 Å². The van der Waals surface area contributed by atoms with Gasteiger partial charge in [-0.15, -0.1) is 0 Å². The molecule has 2 atom stereocenters. The van der Waals surface area contributed by atoms with E-state index in [4.69, 9.17) is 4.74 Å². The minimum absolute atomic E-state index is 0.0478. The Hall–Kier alpha value is -3.60. The molecule has 0 saturated carbocycles. The number of hydrogen-bond donors (Lipinski definition) is 5. The lowest BCUT2D eigenvalue weighted by Gasteiger charge is -2.31. The second-order valence-corrected chi connectivity index (χ2v) is 9.97. The summed E-state index contributed by atoms with van der Waals surface area (Å²) in [5.74, 6) is 0.0189. The Labute approximate surface area is 204 Å². The summed E-state index contributed by atoms with van der Waals surface area (Å²) in [6, 6.07) is 20.1. The summed E-state index contributed by atoms with van der Waals surface area (Å²) in [4.78, 5) is 13.4.